The minimum absolute atomic E-state index is 0.0288. The Balaban J connectivity index is 2.17. The fourth-order valence-electron chi connectivity index (χ4n) is 1.92. The van der Waals surface area contributed by atoms with Crippen LogP contribution in [0.4, 0.5) is 5.69 Å². The van der Waals surface area contributed by atoms with Crippen LogP contribution in [0.1, 0.15) is 26.3 Å². The van der Waals surface area contributed by atoms with Gasteiger partial charge >= 0.3 is 5.97 Å². The number of nitro benzene ring substituents is 1. The summed E-state index contributed by atoms with van der Waals surface area (Å²) < 4.78 is 4.60. The van der Waals surface area contributed by atoms with Crippen molar-refractivity contribution in [1.29, 1.82) is 0 Å². The zero-order valence-electron chi connectivity index (χ0n) is 12.6. The molecule has 2 aromatic carbocycles. The van der Waals surface area contributed by atoms with Crippen molar-refractivity contribution in [2.45, 2.75) is 0 Å². The Morgan fingerprint density at radius 3 is 2.33 bits per heavy atom. The van der Waals surface area contributed by atoms with Gasteiger partial charge in [-0.25, -0.2) is 4.79 Å². The Hall–Kier alpha value is -2.99. The number of nitrogens with zero attached hydrogens (tertiary/aromatic N) is 1. The highest BCUT2D eigenvalue weighted by Gasteiger charge is 2.15. The fourth-order valence-corrected chi connectivity index (χ4v) is 2.11. The van der Waals surface area contributed by atoms with Crippen molar-refractivity contribution < 1.29 is 19.2 Å². The number of benzene rings is 2. The Morgan fingerprint density at radius 1 is 1.12 bits per heavy atom. The molecule has 0 atom stereocenters. The molecule has 2 rings (SSSR count). The standard InChI is InChI=1S/C17H12ClNO5/c1-24-17(21)12-5-2-11(3-6-12)4-9-16(20)13-7-8-14(18)15(10-13)19(22)23/h2-10H,1H3. The number of allylic oxidation sites excluding steroid dienone is 1. The summed E-state index contributed by atoms with van der Waals surface area (Å²) in [5.41, 5.74) is 0.931. The largest absolute Gasteiger partial charge is 0.465 e. The third kappa shape index (κ3) is 4.05. The lowest BCUT2D eigenvalue weighted by atomic mass is 10.1. The lowest BCUT2D eigenvalue weighted by Crippen LogP contribution is -2.00. The predicted octanol–water partition coefficient (Wildman–Crippen LogP) is 3.93. The van der Waals surface area contributed by atoms with Gasteiger partial charge in [0.25, 0.3) is 5.69 Å². The number of ketones is 1. The van der Waals surface area contributed by atoms with Crippen LogP contribution in [-0.4, -0.2) is 23.8 Å². The molecule has 0 heterocycles. The number of methoxy groups -OCH3 is 1. The molecular weight excluding hydrogens is 334 g/mol. The van der Waals surface area contributed by atoms with Crippen LogP contribution in [0.25, 0.3) is 6.08 Å². The molecule has 0 saturated carbocycles. The average molecular weight is 346 g/mol. The molecule has 0 radical (unpaired) electrons. The van der Waals surface area contributed by atoms with Crippen molar-refractivity contribution in [3.05, 3.63) is 80.4 Å². The van der Waals surface area contributed by atoms with Gasteiger partial charge in [-0.3, -0.25) is 14.9 Å². The number of hydrogen-bond acceptors (Lipinski definition) is 5. The van der Waals surface area contributed by atoms with E-state index in [0.717, 1.165) is 6.07 Å². The normalized spacial score (nSPS) is 10.6. The van der Waals surface area contributed by atoms with Crippen molar-refractivity contribution in [2.75, 3.05) is 7.11 Å². The minimum Gasteiger partial charge on any atom is -0.465 e. The van der Waals surface area contributed by atoms with E-state index in [1.807, 2.05) is 0 Å². The zero-order chi connectivity index (χ0) is 17.7. The van der Waals surface area contributed by atoms with Crippen molar-refractivity contribution in [3.63, 3.8) is 0 Å². The number of carbonyl (C=O) groups is 2. The number of halogens is 1. The van der Waals surface area contributed by atoms with Crippen LogP contribution in [0, 0.1) is 10.1 Å². The molecule has 24 heavy (non-hydrogen) atoms. The maximum absolute atomic E-state index is 12.1. The molecule has 0 unspecified atom stereocenters. The van der Waals surface area contributed by atoms with Gasteiger partial charge in [0.2, 0.25) is 0 Å². The monoisotopic (exact) mass is 345 g/mol. The summed E-state index contributed by atoms with van der Waals surface area (Å²) in [6.07, 6.45) is 2.84. The molecule has 6 nitrogen and oxygen atoms in total. The highest BCUT2D eigenvalue weighted by Crippen LogP contribution is 2.25. The number of esters is 1. The average Bonchev–Trinajstić information content (AvgIpc) is 2.59. The predicted molar refractivity (Wildman–Crippen MR) is 89.3 cm³/mol. The quantitative estimate of drug-likeness (QED) is 0.269. The second-order valence-corrected chi connectivity index (χ2v) is 5.14. The summed E-state index contributed by atoms with van der Waals surface area (Å²) in [5, 5.41) is 10.8. The Morgan fingerprint density at radius 2 is 1.75 bits per heavy atom. The summed E-state index contributed by atoms with van der Waals surface area (Å²) in [7, 11) is 1.29. The summed E-state index contributed by atoms with van der Waals surface area (Å²) in [4.78, 5) is 33.6. The van der Waals surface area contributed by atoms with Crippen LogP contribution in [0.3, 0.4) is 0 Å². The number of nitro groups is 1. The van der Waals surface area contributed by atoms with Crippen molar-refractivity contribution in [1.82, 2.24) is 0 Å². The first kappa shape index (κ1) is 17.4. The Bertz CT molecular complexity index is 827. The molecule has 0 aliphatic heterocycles. The van der Waals surface area contributed by atoms with Gasteiger partial charge < -0.3 is 4.74 Å². The van der Waals surface area contributed by atoms with E-state index in [0.29, 0.717) is 11.1 Å². The van der Waals surface area contributed by atoms with E-state index in [1.165, 1.54) is 25.3 Å². The van der Waals surface area contributed by atoms with Gasteiger partial charge in [-0.05, 0) is 35.9 Å². The van der Waals surface area contributed by atoms with E-state index in [4.69, 9.17) is 11.6 Å². The smallest absolute Gasteiger partial charge is 0.337 e. The lowest BCUT2D eigenvalue weighted by Gasteiger charge is -2.00. The summed E-state index contributed by atoms with van der Waals surface area (Å²) in [6.45, 7) is 0. The van der Waals surface area contributed by atoms with Crippen molar-refractivity contribution in [2.24, 2.45) is 0 Å². The van der Waals surface area contributed by atoms with E-state index in [1.54, 1.807) is 30.3 Å². The molecule has 7 heteroatoms. The zero-order valence-corrected chi connectivity index (χ0v) is 13.3. The first-order valence-corrected chi connectivity index (χ1v) is 7.15. The van der Waals surface area contributed by atoms with Gasteiger partial charge in [0.15, 0.2) is 5.78 Å². The molecule has 122 valence electrons. The molecule has 0 N–H and O–H groups in total. The van der Waals surface area contributed by atoms with E-state index >= 15 is 0 Å². The molecule has 0 aromatic heterocycles. The van der Waals surface area contributed by atoms with Gasteiger partial charge in [0, 0.05) is 11.6 Å². The van der Waals surface area contributed by atoms with Gasteiger partial charge in [-0.15, -0.1) is 0 Å². The first-order chi connectivity index (χ1) is 11.4. The number of ether oxygens (including phenoxy) is 1. The molecular formula is C17H12ClNO5. The van der Waals surface area contributed by atoms with Gasteiger partial charge in [-0.1, -0.05) is 29.8 Å². The van der Waals surface area contributed by atoms with Gasteiger partial charge in [-0.2, -0.15) is 0 Å². The molecule has 0 bridgehead atoms. The molecule has 0 aliphatic carbocycles. The molecule has 0 amide bonds. The highest BCUT2D eigenvalue weighted by atomic mass is 35.5. The van der Waals surface area contributed by atoms with Crippen LogP contribution in [-0.2, 0) is 4.74 Å². The van der Waals surface area contributed by atoms with Crippen molar-refractivity contribution >= 4 is 35.1 Å². The third-order valence-electron chi connectivity index (χ3n) is 3.19. The summed E-state index contributed by atoms with van der Waals surface area (Å²) in [6, 6.07) is 10.3. The summed E-state index contributed by atoms with van der Waals surface area (Å²) >= 11 is 5.71. The van der Waals surface area contributed by atoms with Crippen LogP contribution in [0.2, 0.25) is 5.02 Å². The van der Waals surface area contributed by atoms with Gasteiger partial charge in [0.1, 0.15) is 5.02 Å². The topological polar surface area (TPSA) is 86.5 Å². The van der Waals surface area contributed by atoms with Crippen LogP contribution >= 0.6 is 11.6 Å². The van der Waals surface area contributed by atoms with E-state index in [2.05, 4.69) is 4.74 Å². The van der Waals surface area contributed by atoms with E-state index in [-0.39, 0.29) is 16.3 Å². The van der Waals surface area contributed by atoms with Crippen molar-refractivity contribution in [3.8, 4) is 0 Å². The fraction of sp³-hybridized carbons (Fsp3) is 0.0588. The second kappa shape index (κ2) is 7.52. The molecule has 2 aromatic rings. The van der Waals surface area contributed by atoms with Crippen LogP contribution in [0.5, 0.6) is 0 Å². The Labute approximate surface area is 142 Å². The number of hydrogen-bond donors (Lipinski definition) is 0. The maximum Gasteiger partial charge on any atom is 0.337 e. The summed E-state index contributed by atoms with van der Waals surface area (Å²) in [5.74, 6) is -0.845. The second-order valence-electron chi connectivity index (χ2n) is 4.73. The highest BCUT2D eigenvalue weighted by molar-refractivity contribution is 6.32. The lowest BCUT2D eigenvalue weighted by molar-refractivity contribution is -0.384. The first-order valence-electron chi connectivity index (χ1n) is 6.77. The minimum atomic E-state index is -0.644. The molecule has 0 saturated heterocycles. The van der Waals surface area contributed by atoms with Gasteiger partial charge in [0.05, 0.1) is 17.6 Å². The molecule has 0 aliphatic rings. The number of rotatable bonds is 5. The number of carbonyl (C=O) groups excluding carboxylic acids is 2. The van der Waals surface area contributed by atoms with Crippen LogP contribution in [0.15, 0.2) is 48.5 Å². The van der Waals surface area contributed by atoms with Crippen LogP contribution < -0.4 is 0 Å². The maximum atomic E-state index is 12.1. The molecule has 0 fully saturated rings. The third-order valence-corrected chi connectivity index (χ3v) is 3.51. The SMILES string of the molecule is COC(=O)c1ccc(C=CC(=O)c2ccc(Cl)c([N+](=O)[O-])c2)cc1. The van der Waals surface area contributed by atoms with E-state index in [9.17, 15) is 19.7 Å². The Kier molecular flexibility index (Phi) is 5.44. The van der Waals surface area contributed by atoms with E-state index < -0.39 is 16.7 Å². The molecule has 0 spiro atoms.